The highest BCUT2D eigenvalue weighted by molar-refractivity contribution is 6.21. The Morgan fingerprint density at radius 2 is 1.86 bits per heavy atom. The van der Waals surface area contributed by atoms with Crippen LogP contribution in [0, 0.1) is 0 Å². The van der Waals surface area contributed by atoms with Crippen LogP contribution in [-0.2, 0) is 4.74 Å². The Morgan fingerprint density at radius 3 is 2.33 bits per heavy atom. The highest BCUT2D eigenvalue weighted by Gasteiger charge is 2.40. The van der Waals surface area contributed by atoms with Crippen molar-refractivity contribution in [2.45, 2.75) is 19.9 Å². The minimum absolute atomic E-state index is 0.332. The molecule has 1 aromatic carbocycles. The lowest BCUT2D eigenvalue weighted by molar-refractivity contribution is 0.0586. The number of halogens is 1. The molecule has 5 heteroatoms. The van der Waals surface area contributed by atoms with Crippen LogP contribution in [0.5, 0.6) is 0 Å². The first-order chi connectivity index (χ1) is 10.1. The van der Waals surface area contributed by atoms with Crippen LogP contribution in [0.15, 0.2) is 35.9 Å². The van der Waals surface area contributed by atoms with E-state index in [0.29, 0.717) is 29.9 Å². The molecule has 112 valence electrons. The molecule has 4 nitrogen and oxygen atoms in total. The molecule has 1 atom stereocenters. The molecule has 21 heavy (non-hydrogen) atoms. The molecule has 0 N–H and O–H groups in total. The second-order valence-corrected chi connectivity index (χ2v) is 4.80. The summed E-state index contributed by atoms with van der Waals surface area (Å²) in [6, 6.07) is 5.68. The molecule has 0 bridgehead atoms. The molecular weight excluding hydrogens is 273 g/mol. The van der Waals surface area contributed by atoms with Crippen molar-refractivity contribution >= 4 is 11.8 Å². The maximum absolute atomic E-state index is 13.4. The number of ether oxygens (including phenoxy) is 1. The van der Waals surface area contributed by atoms with Gasteiger partial charge in [0.05, 0.1) is 23.8 Å². The molecule has 1 aliphatic heterocycles. The summed E-state index contributed by atoms with van der Waals surface area (Å²) in [7, 11) is 0. The summed E-state index contributed by atoms with van der Waals surface area (Å²) >= 11 is 0. The molecule has 1 unspecified atom stereocenters. The summed E-state index contributed by atoms with van der Waals surface area (Å²) in [5, 5.41) is 0. The fraction of sp³-hybridized carbons (Fsp3) is 0.375. The van der Waals surface area contributed by atoms with Gasteiger partial charge in [0.2, 0.25) is 0 Å². The topological polar surface area (TPSA) is 46.6 Å². The summed E-state index contributed by atoms with van der Waals surface area (Å²) in [6.07, 6.45) is 1.71. The van der Waals surface area contributed by atoms with Crippen LogP contribution in [0.4, 0.5) is 4.39 Å². The van der Waals surface area contributed by atoms with Gasteiger partial charge in [-0.15, -0.1) is 0 Å². The first kappa shape index (κ1) is 15.4. The van der Waals surface area contributed by atoms with Crippen molar-refractivity contribution in [3.05, 3.63) is 47.0 Å². The normalized spacial score (nSPS) is 16.3. The van der Waals surface area contributed by atoms with Crippen LogP contribution in [-0.4, -0.2) is 42.6 Å². The molecule has 0 aromatic heterocycles. The van der Waals surface area contributed by atoms with Gasteiger partial charge in [-0.05, 0) is 31.6 Å². The number of hydrogen-bond donors (Lipinski definition) is 0. The van der Waals surface area contributed by atoms with Crippen LogP contribution < -0.4 is 0 Å². The molecule has 1 aromatic rings. The zero-order valence-corrected chi connectivity index (χ0v) is 12.1. The quantitative estimate of drug-likeness (QED) is 0.460. The SMILES string of the molecule is CCOC/C=C(/C)C(CF)N1C(=O)c2ccccc2C1=O. The molecule has 0 fully saturated rings. The summed E-state index contributed by atoms with van der Waals surface area (Å²) in [4.78, 5) is 25.6. The fourth-order valence-corrected chi connectivity index (χ4v) is 2.33. The number of alkyl halides is 1. The second kappa shape index (κ2) is 6.63. The van der Waals surface area contributed by atoms with E-state index in [4.69, 9.17) is 4.74 Å². The van der Waals surface area contributed by atoms with Crippen LogP contribution in [0.2, 0.25) is 0 Å². The Hall–Kier alpha value is -2.01. The van der Waals surface area contributed by atoms with E-state index < -0.39 is 24.5 Å². The summed E-state index contributed by atoms with van der Waals surface area (Å²) < 4.78 is 18.6. The van der Waals surface area contributed by atoms with Crippen molar-refractivity contribution in [1.29, 1.82) is 0 Å². The molecule has 1 heterocycles. The van der Waals surface area contributed by atoms with Gasteiger partial charge >= 0.3 is 0 Å². The molecule has 2 amide bonds. The number of carbonyl (C=O) groups excluding carboxylic acids is 2. The number of fused-ring (bicyclic) bond motifs is 1. The number of amides is 2. The average molecular weight is 291 g/mol. The van der Waals surface area contributed by atoms with Crippen LogP contribution >= 0.6 is 0 Å². The van der Waals surface area contributed by atoms with E-state index in [9.17, 15) is 14.0 Å². The highest BCUT2D eigenvalue weighted by Crippen LogP contribution is 2.27. The minimum Gasteiger partial charge on any atom is -0.378 e. The van der Waals surface area contributed by atoms with Gasteiger partial charge in [-0.2, -0.15) is 0 Å². The average Bonchev–Trinajstić information content (AvgIpc) is 2.74. The van der Waals surface area contributed by atoms with E-state index in [1.807, 2.05) is 6.92 Å². The summed E-state index contributed by atoms with van der Waals surface area (Å²) in [6.45, 7) is 3.64. The smallest absolute Gasteiger partial charge is 0.262 e. The maximum Gasteiger partial charge on any atom is 0.262 e. The van der Waals surface area contributed by atoms with Gasteiger partial charge in [-0.3, -0.25) is 14.5 Å². The maximum atomic E-state index is 13.4. The van der Waals surface area contributed by atoms with E-state index in [-0.39, 0.29) is 0 Å². The third-order valence-corrected chi connectivity index (χ3v) is 3.54. The van der Waals surface area contributed by atoms with Gasteiger partial charge in [-0.25, -0.2) is 4.39 Å². The monoisotopic (exact) mass is 291 g/mol. The third-order valence-electron chi connectivity index (χ3n) is 3.54. The summed E-state index contributed by atoms with van der Waals surface area (Å²) in [5.74, 6) is -0.884. The van der Waals surface area contributed by atoms with Crippen molar-refractivity contribution in [2.24, 2.45) is 0 Å². The first-order valence-electron chi connectivity index (χ1n) is 6.89. The Bertz CT molecular complexity index is 548. The Labute approximate surface area is 123 Å². The molecule has 0 saturated heterocycles. The highest BCUT2D eigenvalue weighted by atomic mass is 19.1. The van der Waals surface area contributed by atoms with Crippen molar-refractivity contribution in [3.8, 4) is 0 Å². The number of carbonyl (C=O) groups is 2. The largest absolute Gasteiger partial charge is 0.378 e. The van der Waals surface area contributed by atoms with Gasteiger partial charge in [-0.1, -0.05) is 18.2 Å². The Balaban J connectivity index is 2.26. The predicted molar refractivity (Wildman–Crippen MR) is 77.0 cm³/mol. The predicted octanol–water partition coefficient (Wildman–Crippen LogP) is 2.60. The molecule has 0 aliphatic carbocycles. The molecule has 2 rings (SSSR count). The lowest BCUT2D eigenvalue weighted by Crippen LogP contribution is -2.42. The van der Waals surface area contributed by atoms with E-state index in [1.54, 1.807) is 37.3 Å². The lowest BCUT2D eigenvalue weighted by Gasteiger charge is -2.24. The summed E-state index contributed by atoms with van der Waals surface area (Å²) in [5.41, 5.74) is 1.28. The van der Waals surface area contributed by atoms with Crippen molar-refractivity contribution in [1.82, 2.24) is 4.90 Å². The van der Waals surface area contributed by atoms with Crippen LogP contribution in [0.3, 0.4) is 0 Å². The lowest BCUT2D eigenvalue weighted by atomic mass is 10.1. The van der Waals surface area contributed by atoms with E-state index in [1.165, 1.54) is 0 Å². The molecule has 1 aliphatic rings. The molecule has 0 radical (unpaired) electrons. The van der Waals surface area contributed by atoms with Gasteiger partial charge in [0, 0.05) is 6.61 Å². The fourth-order valence-electron chi connectivity index (χ4n) is 2.33. The van der Waals surface area contributed by atoms with Crippen molar-refractivity contribution < 1.29 is 18.7 Å². The number of rotatable bonds is 6. The number of nitrogens with zero attached hydrogens (tertiary/aromatic N) is 1. The van der Waals surface area contributed by atoms with Gasteiger partial charge in [0.1, 0.15) is 6.67 Å². The first-order valence-corrected chi connectivity index (χ1v) is 6.89. The second-order valence-electron chi connectivity index (χ2n) is 4.80. The van der Waals surface area contributed by atoms with E-state index in [2.05, 4.69) is 0 Å². The minimum atomic E-state index is -0.877. The van der Waals surface area contributed by atoms with Crippen LogP contribution in [0.25, 0.3) is 0 Å². The van der Waals surface area contributed by atoms with Gasteiger partial charge in [0.15, 0.2) is 0 Å². The number of hydrogen-bond acceptors (Lipinski definition) is 3. The van der Waals surface area contributed by atoms with Crippen molar-refractivity contribution in [2.75, 3.05) is 19.9 Å². The molecular formula is C16H18FNO3. The Morgan fingerprint density at radius 1 is 1.29 bits per heavy atom. The van der Waals surface area contributed by atoms with Crippen LogP contribution in [0.1, 0.15) is 34.6 Å². The van der Waals surface area contributed by atoms with Gasteiger partial charge in [0.25, 0.3) is 11.8 Å². The third kappa shape index (κ3) is 2.88. The molecule has 0 saturated carbocycles. The standard InChI is InChI=1S/C16H18FNO3/c1-3-21-9-8-11(2)14(10-17)18-15(19)12-6-4-5-7-13(12)16(18)20/h4-8,14H,3,9-10H2,1-2H3/b11-8-. The number of benzene rings is 1. The van der Waals surface area contributed by atoms with E-state index in [0.717, 1.165) is 4.90 Å². The van der Waals surface area contributed by atoms with Gasteiger partial charge < -0.3 is 4.74 Å². The van der Waals surface area contributed by atoms with Crippen molar-refractivity contribution in [3.63, 3.8) is 0 Å². The number of imide groups is 1. The Kier molecular flexibility index (Phi) is 4.85. The zero-order valence-electron chi connectivity index (χ0n) is 12.1. The zero-order chi connectivity index (χ0) is 15.4. The molecule has 0 spiro atoms. The van der Waals surface area contributed by atoms with E-state index >= 15 is 0 Å².